The van der Waals surface area contributed by atoms with E-state index in [9.17, 15) is 9.59 Å². The molecular formula is C23H25N5O6. The Hall–Kier alpha value is -4.41. The monoisotopic (exact) mass is 467 g/mol. The lowest BCUT2D eigenvalue weighted by molar-refractivity contribution is 0.0491. The first kappa shape index (κ1) is 24.2. The molecule has 2 aromatic heterocycles. The average molecular weight is 467 g/mol. The van der Waals surface area contributed by atoms with Gasteiger partial charge in [-0.25, -0.2) is 14.8 Å². The molecule has 0 radical (unpaired) electrons. The van der Waals surface area contributed by atoms with Crippen molar-refractivity contribution in [2.45, 2.75) is 13.5 Å². The number of carbonyl (C=O) groups excluding carboxylic acids is 2. The minimum atomic E-state index is -0.722. The summed E-state index contributed by atoms with van der Waals surface area (Å²) in [5.74, 6) is -0.178. The highest BCUT2D eigenvalue weighted by molar-refractivity contribution is 6.02. The number of anilines is 1. The van der Waals surface area contributed by atoms with Crippen molar-refractivity contribution in [1.29, 1.82) is 5.41 Å². The van der Waals surface area contributed by atoms with Gasteiger partial charge in [0.25, 0.3) is 5.91 Å². The van der Waals surface area contributed by atoms with E-state index < -0.39 is 11.9 Å². The van der Waals surface area contributed by atoms with Crippen LogP contribution in [0.3, 0.4) is 0 Å². The Kier molecular flexibility index (Phi) is 7.80. The van der Waals surface area contributed by atoms with Crippen LogP contribution in [0.25, 0.3) is 11.4 Å². The topological polar surface area (TPSA) is 149 Å². The number of oxazole rings is 1. The zero-order valence-electron chi connectivity index (χ0n) is 19.2. The molecule has 11 nitrogen and oxygen atoms in total. The molecule has 0 fully saturated rings. The first-order valence-corrected chi connectivity index (χ1v) is 10.3. The van der Waals surface area contributed by atoms with E-state index in [4.69, 9.17) is 24.0 Å². The zero-order valence-corrected chi connectivity index (χ0v) is 19.2. The number of methoxy groups -OCH3 is 2. The van der Waals surface area contributed by atoms with Crippen LogP contribution in [0, 0.1) is 5.41 Å². The summed E-state index contributed by atoms with van der Waals surface area (Å²) in [6, 6.07) is 6.78. The van der Waals surface area contributed by atoms with Crippen molar-refractivity contribution >= 4 is 23.8 Å². The molecule has 3 aromatic rings. The Morgan fingerprint density at radius 3 is 2.62 bits per heavy atom. The highest BCUT2D eigenvalue weighted by Crippen LogP contribution is 2.29. The lowest BCUT2D eigenvalue weighted by atomic mass is 10.1. The second-order valence-corrected chi connectivity index (χ2v) is 6.82. The Morgan fingerprint density at radius 2 is 1.97 bits per heavy atom. The molecule has 1 aromatic carbocycles. The number of esters is 1. The average Bonchev–Trinajstić information content (AvgIpc) is 3.36. The van der Waals surface area contributed by atoms with E-state index in [1.54, 1.807) is 39.3 Å². The standard InChI is InChI=1S/C23H25N5O6/c1-5-33-23(30)21-20(27-12-34-21)19-15(10-24)16(25-2)9-17(28-19)22(29)26-11-13-6-7-14(31-3)8-18(13)32-4/h6-10,12,24H,5,11H2,1-4H3,(H,25,28)(H,26,29). The van der Waals surface area contributed by atoms with Crippen molar-refractivity contribution in [2.24, 2.45) is 0 Å². The summed E-state index contributed by atoms with van der Waals surface area (Å²) >= 11 is 0. The van der Waals surface area contributed by atoms with Crippen LogP contribution >= 0.6 is 0 Å². The normalized spacial score (nSPS) is 10.4. The number of aromatic nitrogens is 2. The molecule has 34 heavy (non-hydrogen) atoms. The molecule has 178 valence electrons. The fourth-order valence-corrected chi connectivity index (χ4v) is 3.23. The Bertz CT molecular complexity index is 1210. The SMILES string of the molecule is CCOC(=O)c1ocnc1-c1nc(C(=O)NCc2ccc(OC)cc2OC)cc(NC)c1C=N. The van der Waals surface area contributed by atoms with Crippen molar-refractivity contribution in [3.8, 4) is 22.9 Å². The van der Waals surface area contributed by atoms with Crippen molar-refractivity contribution in [3.05, 3.63) is 53.2 Å². The number of nitrogens with one attached hydrogen (secondary N) is 3. The van der Waals surface area contributed by atoms with E-state index in [0.29, 0.717) is 22.7 Å². The van der Waals surface area contributed by atoms with E-state index in [1.165, 1.54) is 13.2 Å². The molecule has 0 aliphatic heterocycles. The first-order valence-electron chi connectivity index (χ1n) is 10.3. The fourth-order valence-electron chi connectivity index (χ4n) is 3.23. The van der Waals surface area contributed by atoms with E-state index in [0.717, 1.165) is 18.2 Å². The highest BCUT2D eigenvalue weighted by atomic mass is 16.5. The maximum atomic E-state index is 13.0. The molecular weight excluding hydrogens is 442 g/mol. The predicted octanol–water partition coefficient (Wildman–Crippen LogP) is 2.90. The van der Waals surface area contributed by atoms with Gasteiger partial charge in [0, 0.05) is 42.7 Å². The number of amides is 1. The third-order valence-electron chi connectivity index (χ3n) is 4.89. The smallest absolute Gasteiger partial charge is 0.376 e. The van der Waals surface area contributed by atoms with Crippen LogP contribution in [0.2, 0.25) is 0 Å². The third-order valence-corrected chi connectivity index (χ3v) is 4.89. The van der Waals surface area contributed by atoms with Gasteiger partial charge in [0.2, 0.25) is 5.76 Å². The highest BCUT2D eigenvalue weighted by Gasteiger charge is 2.25. The maximum absolute atomic E-state index is 13.0. The Labute approximate surface area is 196 Å². The Balaban J connectivity index is 1.96. The van der Waals surface area contributed by atoms with E-state index in [2.05, 4.69) is 20.6 Å². The maximum Gasteiger partial charge on any atom is 0.376 e. The summed E-state index contributed by atoms with van der Waals surface area (Å²) < 4.78 is 20.8. The summed E-state index contributed by atoms with van der Waals surface area (Å²) in [6.07, 6.45) is 2.14. The summed E-state index contributed by atoms with van der Waals surface area (Å²) in [5.41, 5.74) is 1.77. The molecule has 3 rings (SSSR count). The molecule has 11 heteroatoms. The zero-order chi connectivity index (χ0) is 24.7. The van der Waals surface area contributed by atoms with Gasteiger partial charge in [-0.3, -0.25) is 4.79 Å². The van der Waals surface area contributed by atoms with Gasteiger partial charge >= 0.3 is 5.97 Å². The van der Waals surface area contributed by atoms with E-state index in [-0.39, 0.29) is 36.0 Å². The van der Waals surface area contributed by atoms with E-state index >= 15 is 0 Å². The number of pyridine rings is 1. The quantitative estimate of drug-likeness (QED) is 0.302. The van der Waals surface area contributed by atoms with Crippen molar-refractivity contribution in [3.63, 3.8) is 0 Å². The molecule has 2 heterocycles. The molecule has 0 spiro atoms. The van der Waals surface area contributed by atoms with Gasteiger partial charge in [-0.15, -0.1) is 0 Å². The van der Waals surface area contributed by atoms with Crippen LogP contribution in [0.4, 0.5) is 5.69 Å². The summed E-state index contributed by atoms with van der Waals surface area (Å²) in [5, 5.41) is 13.6. The molecule has 0 unspecified atom stereocenters. The second kappa shape index (κ2) is 10.9. The van der Waals surface area contributed by atoms with Gasteiger partial charge in [0.1, 0.15) is 28.6 Å². The molecule has 0 saturated carbocycles. The molecule has 0 aliphatic rings. The number of carbonyl (C=O) groups is 2. The number of hydrogen-bond acceptors (Lipinski definition) is 10. The summed E-state index contributed by atoms with van der Waals surface area (Å²) in [6.45, 7) is 1.97. The Morgan fingerprint density at radius 1 is 1.18 bits per heavy atom. The lowest BCUT2D eigenvalue weighted by Gasteiger charge is -2.14. The fraction of sp³-hybridized carbons (Fsp3) is 0.261. The van der Waals surface area contributed by atoms with Gasteiger partial charge in [-0.2, -0.15) is 0 Å². The van der Waals surface area contributed by atoms with Crippen LogP contribution in [-0.4, -0.2) is 55.9 Å². The summed E-state index contributed by atoms with van der Waals surface area (Å²) in [7, 11) is 4.73. The van der Waals surface area contributed by atoms with Crippen LogP contribution in [0.5, 0.6) is 11.5 Å². The van der Waals surface area contributed by atoms with Gasteiger partial charge < -0.3 is 34.7 Å². The van der Waals surface area contributed by atoms with Crippen LogP contribution < -0.4 is 20.1 Å². The van der Waals surface area contributed by atoms with E-state index in [1.807, 2.05) is 0 Å². The number of nitrogens with zero attached hydrogens (tertiary/aromatic N) is 2. The van der Waals surface area contributed by atoms with Crippen LogP contribution in [0.15, 0.2) is 35.1 Å². The van der Waals surface area contributed by atoms with Crippen LogP contribution in [-0.2, 0) is 11.3 Å². The molecule has 3 N–H and O–H groups in total. The molecule has 0 saturated heterocycles. The third kappa shape index (κ3) is 4.98. The predicted molar refractivity (Wildman–Crippen MR) is 124 cm³/mol. The largest absolute Gasteiger partial charge is 0.497 e. The van der Waals surface area contributed by atoms with Gasteiger partial charge in [0.05, 0.1) is 20.8 Å². The number of hydrogen-bond donors (Lipinski definition) is 3. The van der Waals surface area contributed by atoms with Gasteiger partial charge in [0.15, 0.2) is 6.39 Å². The van der Waals surface area contributed by atoms with Crippen molar-refractivity contribution in [2.75, 3.05) is 33.2 Å². The lowest BCUT2D eigenvalue weighted by Crippen LogP contribution is -2.25. The second-order valence-electron chi connectivity index (χ2n) is 6.82. The molecule has 0 aliphatic carbocycles. The van der Waals surface area contributed by atoms with Crippen molar-refractivity contribution < 1.29 is 28.2 Å². The molecule has 0 bridgehead atoms. The van der Waals surface area contributed by atoms with Gasteiger partial charge in [-0.05, 0) is 25.1 Å². The summed E-state index contributed by atoms with van der Waals surface area (Å²) in [4.78, 5) is 33.8. The first-order chi connectivity index (χ1) is 16.5. The number of rotatable bonds is 10. The number of benzene rings is 1. The number of ether oxygens (including phenoxy) is 3. The molecule has 0 atom stereocenters. The minimum absolute atomic E-state index is 0.0511. The molecule has 1 amide bonds. The van der Waals surface area contributed by atoms with Gasteiger partial charge in [-0.1, -0.05) is 0 Å². The van der Waals surface area contributed by atoms with Crippen LogP contribution in [0.1, 0.15) is 39.1 Å². The minimum Gasteiger partial charge on any atom is -0.497 e. The van der Waals surface area contributed by atoms with Crippen molar-refractivity contribution in [1.82, 2.24) is 15.3 Å².